The first-order valence-electron chi connectivity index (χ1n) is 8.75. The average molecular weight is 367 g/mol. The molecule has 2 unspecified atom stereocenters. The van der Waals surface area contributed by atoms with Crippen LogP contribution in [0.5, 0.6) is 0 Å². The van der Waals surface area contributed by atoms with Crippen LogP contribution in [0.3, 0.4) is 0 Å². The van der Waals surface area contributed by atoms with Crippen LogP contribution in [0, 0.1) is 11.7 Å². The van der Waals surface area contributed by atoms with E-state index in [9.17, 15) is 18.8 Å². The van der Waals surface area contributed by atoms with Gasteiger partial charge in [-0.2, -0.15) is 0 Å². The van der Waals surface area contributed by atoms with Gasteiger partial charge in [0.25, 0.3) is 0 Å². The molecule has 0 bridgehead atoms. The molecular weight excluding hydrogens is 349 g/mol. The van der Waals surface area contributed by atoms with Gasteiger partial charge in [-0.25, -0.2) is 9.18 Å². The van der Waals surface area contributed by atoms with Gasteiger partial charge >= 0.3 is 6.03 Å². The Bertz CT molecular complexity index is 914. The van der Waals surface area contributed by atoms with E-state index in [0.29, 0.717) is 17.7 Å². The molecule has 4 rings (SSSR count). The van der Waals surface area contributed by atoms with Crippen LogP contribution < -0.4 is 10.6 Å². The highest BCUT2D eigenvalue weighted by molar-refractivity contribution is 6.02. The van der Waals surface area contributed by atoms with Crippen LogP contribution in [0.25, 0.3) is 0 Å². The van der Waals surface area contributed by atoms with E-state index < -0.39 is 6.03 Å². The van der Waals surface area contributed by atoms with Crippen LogP contribution in [0.15, 0.2) is 48.5 Å². The number of urea groups is 1. The zero-order valence-electron chi connectivity index (χ0n) is 14.4. The second kappa shape index (κ2) is 6.83. The summed E-state index contributed by atoms with van der Waals surface area (Å²) in [6.07, 6.45) is 0.620. The molecule has 27 heavy (non-hydrogen) atoms. The number of halogens is 1. The predicted octanol–water partition coefficient (Wildman–Crippen LogP) is 2.62. The summed E-state index contributed by atoms with van der Waals surface area (Å²) in [5.74, 6) is -1.07. The van der Waals surface area contributed by atoms with Gasteiger partial charge in [-0.3, -0.25) is 14.5 Å². The topological polar surface area (TPSA) is 78.5 Å². The molecule has 2 aliphatic rings. The average Bonchev–Trinajstić information content (AvgIpc) is 3.39. The van der Waals surface area contributed by atoms with Crippen molar-refractivity contribution in [2.24, 2.45) is 5.92 Å². The molecule has 4 amide bonds. The molecule has 1 aliphatic heterocycles. The summed E-state index contributed by atoms with van der Waals surface area (Å²) in [5, 5.41) is 5.32. The molecular formula is C20H18FN3O3. The molecule has 1 saturated carbocycles. The molecule has 2 aromatic carbocycles. The fourth-order valence-corrected chi connectivity index (χ4v) is 3.38. The highest BCUT2D eigenvalue weighted by Crippen LogP contribution is 2.48. The summed E-state index contributed by atoms with van der Waals surface area (Å²) in [4.78, 5) is 36.9. The molecule has 6 nitrogen and oxygen atoms in total. The first-order valence-corrected chi connectivity index (χ1v) is 8.75. The number of hydrogen-bond donors (Lipinski definition) is 2. The SMILES string of the molecule is O=C(Nc1cccc(CN2C(=O)CNC2=O)c1)C1CC1c1ccccc1F. The fraction of sp³-hybridized carbons (Fsp3) is 0.250. The number of carbonyl (C=O) groups excluding carboxylic acids is 3. The van der Waals surface area contributed by atoms with Gasteiger partial charge < -0.3 is 10.6 Å². The quantitative estimate of drug-likeness (QED) is 0.798. The van der Waals surface area contributed by atoms with E-state index >= 15 is 0 Å². The van der Waals surface area contributed by atoms with Crippen LogP contribution in [0.4, 0.5) is 14.9 Å². The van der Waals surface area contributed by atoms with Crippen LogP contribution in [0.1, 0.15) is 23.5 Å². The molecule has 138 valence electrons. The van der Waals surface area contributed by atoms with Crippen molar-refractivity contribution in [3.63, 3.8) is 0 Å². The number of anilines is 1. The van der Waals surface area contributed by atoms with Crippen LogP contribution >= 0.6 is 0 Å². The molecule has 1 aliphatic carbocycles. The van der Waals surface area contributed by atoms with E-state index in [1.54, 1.807) is 42.5 Å². The Balaban J connectivity index is 1.40. The summed E-state index contributed by atoms with van der Waals surface area (Å²) in [6, 6.07) is 13.1. The minimum Gasteiger partial charge on any atom is -0.329 e. The van der Waals surface area contributed by atoms with Gasteiger partial charge in [-0.1, -0.05) is 30.3 Å². The molecule has 0 spiro atoms. The lowest BCUT2D eigenvalue weighted by Gasteiger charge is -2.13. The van der Waals surface area contributed by atoms with Crippen molar-refractivity contribution >= 4 is 23.5 Å². The highest BCUT2D eigenvalue weighted by Gasteiger charge is 2.45. The minimum atomic E-state index is -0.417. The summed E-state index contributed by atoms with van der Waals surface area (Å²) >= 11 is 0. The van der Waals surface area contributed by atoms with E-state index in [2.05, 4.69) is 10.6 Å². The van der Waals surface area contributed by atoms with Crippen molar-refractivity contribution < 1.29 is 18.8 Å². The van der Waals surface area contributed by atoms with E-state index in [-0.39, 0.29) is 42.6 Å². The number of rotatable bonds is 5. The number of nitrogens with one attached hydrogen (secondary N) is 2. The lowest BCUT2D eigenvalue weighted by atomic mass is 10.1. The van der Waals surface area contributed by atoms with Crippen molar-refractivity contribution in [1.29, 1.82) is 0 Å². The summed E-state index contributed by atoms with van der Waals surface area (Å²) < 4.78 is 13.9. The van der Waals surface area contributed by atoms with Gasteiger partial charge in [0, 0.05) is 11.6 Å². The van der Waals surface area contributed by atoms with E-state index in [1.807, 2.05) is 0 Å². The summed E-state index contributed by atoms with van der Waals surface area (Å²) in [7, 11) is 0. The van der Waals surface area contributed by atoms with Crippen molar-refractivity contribution in [3.05, 3.63) is 65.5 Å². The number of nitrogens with zero attached hydrogens (tertiary/aromatic N) is 1. The Morgan fingerprint density at radius 3 is 2.74 bits per heavy atom. The Morgan fingerprint density at radius 2 is 2.00 bits per heavy atom. The van der Waals surface area contributed by atoms with Gasteiger partial charge in [0.05, 0.1) is 13.1 Å². The summed E-state index contributed by atoms with van der Waals surface area (Å²) in [5.41, 5.74) is 1.90. The minimum absolute atomic E-state index is 0.00831. The van der Waals surface area contributed by atoms with Crippen molar-refractivity contribution in [1.82, 2.24) is 10.2 Å². The van der Waals surface area contributed by atoms with Crippen molar-refractivity contribution in [3.8, 4) is 0 Å². The lowest BCUT2D eigenvalue weighted by molar-refractivity contribution is -0.125. The first-order chi connectivity index (χ1) is 13.0. The molecule has 2 aromatic rings. The smallest absolute Gasteiger partial charge is 0.324 e. The van der Waals surface area contributed by atoms with Gasteiger partial charge in [-0.15, -0.1) is 0 Å². The molecule has 2 atom stereocenters. The highest BCUT2D eigenvalue weighted by atomic mass is 19.1. The molecule has 0 aromatic heterocycles. The largest absolute Gasteiger partial charge is 0.329 e. The molecule has 7 heteroatoms. The Labute approximate surface area is 155 Å². The van der Waals surface area contributed by atoms with E-state index in [1.165, 1.54) is 6.07 Å². The van der Waals surface area contributed by atoms with Crippen LogP contribution in [-0.4, -0.2) is 29.3 Å². The lowest BCUT2D eigenvalue weighted by Crippen LogP contribution is -2.30. The van der Waals surface area contributed by atoms with E-state index in [0.717, 1.165) is 10.5 Å². The standard InChI is InChI=1S/C20H18FN3O3/c21-17-7-2-1-6-14(17)15-9-16(15)19(26)23-13-5-3-4-12(8-13)11-24-18(25)10-22-20(24)27/h1-8,15-16H,9-11H2,(H,22,27)(H,23,26). The van der Waals surface area contributed by atoms with E-state index in [4.69, 9.17) is 0 Å². The van der Waals surface area contributed by atoms with Crippen LogP contribution in [-0.2, 0) is 16.1 Å². The first kappa shape index (κ1) is 17.2. The number of hydrogen-bond acceptors (Lipinski definition) is 3. The van der Waals surface area contributed by atoms with Gasteiger partial charge in [-0.05, 0) is 41.7 Å². The maximum absolute atomic E-state index is 13.9. The second-order valence-electron chi connectivity index (χ2n) is 6.80. The van der Waals surface area contributed by atoms with Gasteiger partial charge in [0.1, 0.15) is 5.82 Å². The number of benzene rings is 2. The molecule has 1 saturated heterocycles. The van der Waals surface area contributed by atoms with Gasteiger partial charge in [0.2, 0.25) is 11.8 Å². The third kappa shape index (κ3) is 3.53. The predicted molar refractivity (Wildman–Crippen MR) is 96.3 cm³/mol. The molecule has 0 radical (unpaired) electrons. The molecule has 2 fully saturated rings. The Hall–Kier alpha value is -3.22. The van der Waals surface area contributed by atoms with Crippen LogP contribution in [0.2, 0.25) is 0 Å². The monoisotopic (exact) mass is 367 g/mol. The van der Waals surface area contributed by atoms with Crippen molar-refractivity contribution in [2.45, 2.75) is 18.9 Å². The number of imide groups is 1. The normalized spacial score (nSPS) is 21.1. The Morgan fingerprint density at radius 1 is 1.19 bits per heavy atom. The maximum Gasteiger partial charge on any atom is 0.324 e. The fourth-order valence-electron chi connectivity index (χ4n) is 3.38. The third-order valence-electron chi connectivity index (χ3n) is 4.90. The maximum atomic E-state index is 13.9. The number of amides is 4. The molecule has 1 heterocycles. The molecule has 2 N–H and O–H groups in total. The second-order valence-corrected chi connectivity index (χ2v) is 6.80. The van der Waals surface area contributed by atoms with Gasteiger partial charge in [0.15, 0.2) is 0 Å². The van der Waals surface area contributed by atoms with Crippen molar-refractivity contribution in [2.75, 3.05) is 11.9 Å². The third-order valence-corrected chi connectivity index (χ3v) is 4.90. The number of carbonyl (C=O) groups is 3. The zero-order valence-corrected chi connectivity index (χ0v) is 14.4. The summed E-state index contributed by atoms with van der Waals surface area (Å²) in [6.45, 7) is 0.157. The zero-order chi connectivity index (χ0) is 19.0. The Kier molecular flexibility index (Phi) is 4.35.